The van der Waals surface area contributed by atoms with Gasteiger partial charge in [-0.15, -0.1) is 0 Å². The molecule has 0 spiro atoms. The highest BCUT2D eigenvalue weighted by molar-refractivity contribution is 5.95. The van der Waals surface area contributed by atoms with Crippen LogP contribution in [0.25, 0.3) is 0 Å². The molecule has 1 aromatic carbocycles. The second-order valence-electron chi connectivity index (χ2n) is 6.51. The van der Waals surface area contributed by atoms with Crippen molar-refractivity contribution in [1.82, 2.24) is 5.32 Å². The van der Waals surface area contributed by atoms with E-state index in [2.05, 4.69) is 34.6 Å². The van der Waals surface area contributed by atoms with E-state index in [0.29, 0.717) is 0 Å². The first-order chi connectivity index (χ1) is 10.2. The highest BCUT2D eigenvalue weighted by Crippen LogP contribution is 2.38. The van der Waals surface area contributed by atoms with Gasteiger partial charge in [-0.05, 0) is 37.1 Å². The summed E-state index contributed by atoms with van der Waals surface area (Å²) in [6, 6.07) is 8.26. The Kier molecular flexibility index (Phi) is 4.15. The van der Waals surface area contributed by atoms with Crippen molar-refractivity contribution in [3.05, 3.63) is 24.3 Å². The number of carbonyl (C=O) groups is 1. The minimum Gasteiger partial charge on any atom is -0.369 e. The van der Waals surface area contributed by atoms with Gasteiger partial charge in [-0.2, -0.15) is 0 Å². The first-order valence-electron chi connectivity index (χ1n) is 8.05. The Labute approximate surface area is 126 Å². The predicted molar refractivity (Wildman–Crippen MR) is 86.7 cm³/mol. The molecule has 0 atom stereocenters. The minimum atomic E-state index is -0.169. The molecule has 1 aromatic rings. The Morgan fingerprint density at radius 3 is 2.38 bits per heavy atom. The Balaban J connectivity index is 1.62. The third-order valence-corrected chi connectivity index (χ3v) is 4.86. The molecule has 1 aliphatic heterocycles. The maximum absolute atomic E-state index is 12.4. The lowest BCUT2D eigenvalue weighted by atomic mass is 9.88. The van der Waals surface area contributed by atoms with Crippen molar-refractivity contribution in [3.8, 4) is 0 Å². The molecule has 0 aromatic heterocycles. The first-order valence-corrected chi connectivity index (χ1v) is 8.05. The normalized spacial score (nSPS) is 21.3. The average Bonchev–Trinajstić information content (AvgIpc) is 2.97. The van der Waals surface area contributed by atoms with Crippen molar-refractivity contribution in [2.24, 2.45) is 5.41 Å². The smallest absolute Gasteiger partial charge is 0.230 e. The van der Waals surface area contributed by atoms with Crippen LogP contribution in [0.15, 0.2) is 24.3 Å². The fourth-order valence-corrected chi connectivity index (χ4v) is 3.34. The summed E-state index contributed by atoms with van der Waals surface area (Å²) in [5, 5.41) is 6.44. The molecule has 2 fully saturated rings. The molecule has 2 N–H and O–H groups in total. The molecule has 3 rings (SSSR count). The van der Waals surface area contributed by atoms with E-state index in [4.69, 9.17) is 0 Å². The zero-order valence-electron chi connectivity index (χ0n) is 12.8. The van der Waals surface area contributed by atoms with E-state index in [1.807, 2.05) is 12.1 Å². The van der Waals surface area contributed by atoms with Gasteiger partial charge in [0.15, 0.2) is 0 Å². The summed E-state index contributed by atoms with van der Waals surface area (Å²) in [6.45, 7) is 6.26. The van der Waals surface area contributed by atoms with Crippen molar-refractivity contribution in [2.75, 3.05) is 36.4 Å². The van der Waals surface area contributed by atoms with Crippen LogP contribution in [0, 0.1) is 5.41 Å². The summed E-state index contributed by atoms with van der Waals surface area (Å²) in [5.41, 5.74) is 1.98. The number of amides is 1. The van der Waals surface area contributed by atoms with Crippen LogP contribution >= 0.6 is 0 Å². The molecule has 1 saturated heterocycles. The van der Waals surface area contributed by atoms with E-state index in [1.165, 1.54) is 18.5 Å². The molecule has 0 radical (unpaired) electrons. The summed E-state index contributed by atoms with van der Waals surface area (Å²) in [5.74, 6) is 0.176. The van der Waals surface area contributed by atoms with Crippen LogP contribution in [-0.2, 0) is 4.79 Å². The average molecular weight is 287 g/mol. The summed E-state index contributed by atoms with van der Waals surface area (Å²) in [6.07, 6.45) is 4.37. The Morgan fingerprint density at radius 2 is 1.76 bits per heavy atom. The van der Waals surface area contributed by atoms with Crippen molar-refractivity contribution in [2.45, 2.75) is 32.6 Å². The molecule has 21 heavy (non-hydrogen) atoms. The second-order valence-corrected chi connectivity index (χ2v) is 6.51. The van der Waals surface area contributed by atoms with Crippen LogP contribution in [0.1, 0.15) is 32.6 Å². The van der Waals surface area contributed by atoms with Gasteiger partial charge < -0.3 is 15.5 Å². The number of carbonyl (C=O) groups excluding carboxylic acids is 1. The van der Waals surface area contributed by atoms with Crippen molar-refractivity contribution < 1.29 is 4.79 Å². The fourth-order valence-electron chi connectivity index (χ4n) is 3.34. The number of hydrogen-bond donors (Lipinski definition) is 2. The number of nitrogens with one attached hydrogen (secondary N) is 2. The van der Waals surface area contributed by atoms with E-state index in [0.717, 1.165) is 44.7 Å². The quantitative estimate of drug-likeness (QED) is 0.898. The van der Waals surface area contributed by atoms with E-state index >= 15 is 0 Å². The van der Waals surface area contributed by atoms with E-state index in [-0.39, 0.29) is 11.3 Å². The van der Waals surface area contributed by atoms with Crippen LogP contribution in [0.4, 0.5) is 11.4 Å². The van der Waals surface area contributed by atoms with Gasteiger partial charge in [0.1, 0.15) is 0 Å². The molecule has 1 amide bonds. The number of rotatable bonds is 3. The number of hydrogen-bond acceptors (Lipinski definition) is 3. The summed E-state index contributed by atoms with van der Waals surface area (Å²) in [4.78, 5) is 14.8. The molecule has 0 unspecified atom stereocenters. The Bertz CT molecular complexity index is 485. The molecule has 1 aliphatic carbocycles. The van der Waals surface area contributed by atoms with Gasteiger partial charge >= 0.3 is 0 Å². The number of nitrogens with zero attached hydrogens (tertiary/aromatic N) is 1. The predicted octanol–water partition coefficient (Wildman–Crippen LogP) is 2.62. The van der Waals surface area contributed by atoms with Gasteiger partial charge in [0.05, 0.1) is 0 Å². The number of anilines is 2. The number of benzene rings is 1. The van der Waals surface area contributed by atoms with E-state index in [9.17, 15) is 4.79 Å². The lowest BCUT2D eigenvalue weighted by molar-refractivity contribution is -0.124. The number of piperazine rings is 1. The maximum atomic E-state index is 12.4. The molecule has 0 bridgehead atoms. The minimum absolute atomic E-state index is 0.169. The van der Waals surface area contributed by atoms with Crippen molar-refractivity contribution in [1.29, 1.82) is 0 Å². The second kappa shape index (κ2) is 6.06. The molecular weight excluding hydrogens is 262 g/mol. The van der Waals surface area contributed by atoms with Crippen LogP contribution in [0.5, 0.6) is 0 Å². The van der Waals surface area contributed by atoms with Crippen molar-refractivity contribution >= 4 is 17.3 Å². The zero-order chi connectivity index (χ0) is 14.7. The third-order valence-electron chi connectivity index (χ3n) is 4.86. The van der Waals surface area contributed by atoms with E-state index < -0.39 is 0 Å². The molecule has 1 heterocycles. The third kappa shape index (κ3) is 3.21. The highest BCUT2D eigenvalue weighted by Gasteiger charge is 2.36. The van der Waals surface area contributed by atoms with Gasteiger partial charge in [-0.3, -0.25) is 4.79 Å². The Morgan fingerprint density at radius 1 is 1.14 bits per heavy atom. The van der Waals surface area contributed by atoms with Gasteiger partial charge in [0.25, 0.3) is 0 Å². The topological polar surface area (TPSA) is 44.4 Å². The van der Waals surface area contributed by atoms with Gasteiger partial charge in [0.2, 0.25) is 5.91 Å². The monoisotopic (exact) mass is 287 g/mol. The first kappa shape index (κ1) is 14.4. The molecule has 2 aliphatic rings. The molecule has 4 nitrogen and oxygen atoms in total. The Hall–Kier alpha value is -1.55. The van der Waals surface area contributed by atoms with Gasteiger partial charge in [-0.25, -0.2) is 0 Å². The molecular formula is C17H25N3O. The van der Waals surface area contributed by atoms with Gasteiger partial charge in [0, 0.05) is 43.0 Å². The van der Waals surface area contributed by atoms with Crippen LogP contribution < -0.4 is 15.5 Å². The van der Waals surface area contributed by atoms with Gasteiger partial charge in [-0.1, -0.05) is 19.8 Å². The van der Waals surface area contributed by atoms with Crippen LogP contribution in [0.2, 0.25) is 0 Å². The maximum Gasteiger partial charge on any atom is 0.230 e. The van der Waals surface area contributed by atoms with Crippen molar-refractivity contribution in [3.63, 3.8) is 0 Å². The lowest BCUT2D eigenvalue weighted by Crippen LogP contribution is -2.43. The summed E-state index contributed by atoms with van der Waals surface area (Å²) in [7, 11) is 0. The fraction of sp³-hybridized carbons (Fsp3) is 0.588. The van der Waals surface area contributed by atoms with Crippen LogP contribution in [0.3, 0.4) is 0 Å². The van der Waals surface area contributed by atoms with E-state index in [1.54, 1.807) is 0 Å². The zero-order valence-corrected chi connectivity index (χ0v) is 12.8. The lowest BCUT2D eigenvalue weighted by Gasteiger charge is -2.29. The summed E-state index contributed by atoms with van der Waals surface area (Å²) < 4.78 is 0. The van der Waals surface area contributed by atoms with Crippen LogP contribution in [-0.4, -0.2) is 32.1 Å². The summed E-state index contributed by atoms with van der Waals surface area (Å²) >= 11 is 0. The molecule has 114 valence electrons. The standard InChI is InChI=1S/C17H25N3O/c1-17(8-2-3-9-17)16(21)19-14-4-6-15(7-5-14)20-12-10-18-11-13-20/h4-7,18H,2-3,8-13H2,1H3,(H,19,21). The highest BCUT2D eigenvalue weighted by atomic mass is 16.2. The molecule has 4 heteroatoms. The SMILES string of the molecule is CC1(C(=O)Nc2ccc(N3CCNCC3)cc2)CCCC1. The largest absolute Gasteiger partial charge is 0.369 e. The molecule has 1 saturated carbocycles.